The van der Waals surface area contributed by atoms with Gasteiger partial charge in [0, 0.05) is 30.4 Å². The molecule has 1 aliphatic heterocycles. The molecule has 0 saturated carbocycles. The monoisotopic (exact) mass is 239 g/mol. The molecule has 0 aliphatic carbocycles. The quantitative estimate of drug-likeness (QED) is 0.872. The van der Waals surface area contributed by atoms with Gasteiger partial charge in [-0.25, -0.2) is 4.98 Å². The van der Waals surface area contributed by atoms with Crippen molar-refractivity contribution in [3.63, 3.8) is 0 Å². The van der Waals surface area contributed by atoms with Crippen LogP contribution in [0.1, 0.15) is 36.9 Å². The van der Waals surface area contributed by atoms with Crippen molar-refractivity contribution < 1.29 is 0 Å². The maximum atomic E-state index is 4.71. The first-order chi connectivity index (χ1) is 7.70. The van der Waals surface area contributed by atoms with Crippen LogP contribution in [0.25, 0.3) is 0 Å². The topological polar surface area (TPSA) is 28.2 Å². The lowest BCUT2D eigenvalue weighted by Crippen LogP contribution is -2.27. The fourth-order valence-corrected chi connectivity index (χ4v) is 3.18. The van der Waals surface area contributed by atoms with E-state index in [-0.39, 0.29) is 0 Å². The van der Waals surface area contributed by atoms with Gasteiger partial charge in [0.2, 0.25) is 0 Å². The van der Waals surface area contributed by atoms with Gasteiger partial charge in [-0.15, -0.1) is 11.3 Å². The van der Waals surface area contributed by atoms with Crippen molar-refractivity contribution in [1.29, 1.82) is 0 Å². The zero-order valence-corrected chi connectivity index (χ0v) is 11.2. The maximum absolute atomic E-state index is 4.71. The van der Waals surface area contributed by atoms with Crippen molar-refractivity contribution in [2.45, 2.75) is 38.8 Å². The van der Waals surface area contributed by atoms with Crippen molar-refractivity contribution in [2.24, 2.45) is 0 Å². The Bertz CT molecular complexity index is 335. The van der Waals surface area contributed by atoms with E-state index in [4.69, 9.17) is 4.98 Å². The summed E-state index contributed by atoms with van der Waals surface area (Å²) in [6.45, 7) is 7.85. The minimum atomic E-state index is 0.665. The van der Waals surface area contributed by atoms with E-state index in [2.05, 4.69) is 29.4 Å². The van der Waals surface area contributed by atoms with Crippen LogP contribution in [0, 0.1) is 0 Å². The number of likely N-dealkylation sites (tertiary alicyclic amines) is 1. The number of nitrogens with one attached hydrogen (secondary N) is 1. The fourth-order valence-electron chi connectivity index (χ4n) is 2.23. The Morgan fingerprint density at radius 3 is 3.06 bits per heavy atom. The summed E-state index contributed by atoms with van der Waals surface area (Å²) in [5.74, 6) is 0.665. The number of aromatic nitrogens is 1. The highest BCUT2D eigenvalue weighted by atomic mass is 32.1. The van der Waals surface area contributed by atoms with Crippen molar-refractivity contribution in [3.8, 4) is 0 Å². The Morgan fingerprint density at radius 1 is 1.62 bits per heavy atom. The van der Waals surface area contributed by atoms with Gasteiger partial charge in [0.1, 0.15) is 0 Å². The minimum Gasteiger partial charge on any atom is -0.314 e. The molecule has 16 heavy (non-hydrogen) atoms. The molecule has 0 radical (unpaired) electrons. The smallest absolute Gasteiger partial charge is 0.0973 e. The van der Waals surface area contributed by atoms with Crippen LogP contribution in [-0.2, 0) is 6.54 Å². The van der Waals surface area contributed by atoms with Crippen molar-refractivity contribution in [1.82, 2.24) is 15.2 Å². The molecule has 2 heterocycles. The second kappa shape index (κ2) is 5.25. The zero-order chi connectivity index (χ0) is 11.5. The van der Waals surface area contributed by atoms with E-state index in [0.717, 1.165) is 6.54 Å². The van der Waals surface area contributed by atoms with Crippen LogP contribution in [0.15, 0.2) is 5.38 Å². The first kappa shape index (κ1) is 12.0. The summed E-state index contributed by atoms with van der Waals surface area (Å²) in [6.07, 6.45) is 1.27. The zero-order valence-electron chi connectivity index (χ0n) is 10.4. The van der Waals surface area contributed by atoms with E-state index >= 15 is 0 Å². The molecule has 1 atom stereocenters. The van der Waals surface area contributed by atoms with Crippen LogP contribution < -0.4 is 5.32 Å². The number of hydrogen-bond acceptors (Lipinski definition) is 4. The summed E-state index contributed by atoms with van der Waals surface area (Å²) in [5, 5.41) is 6.66. The summed E-state index contributed by atoms with van der Waals surface area (Å²) in [6, 6.07) is 0.668. The van der Waals surface area contributed by atoms with E-state index in [0.29, 0.717) is 12.0 Å². The standard InChI is InChI=1S/C12H21N3S/c1-9(2)15-5-4-10(7-15)12-14-11(6-13-3)8-16-12/h8-10,13H,4-7H2,1-3H3. The Balaban J connectivity index is 1.97. The summed E-state index contributed by atoms with van der Waals surface area (Å²) in [4.78, 5) is 7.25. The molecule has 0 aromatic carbocycles. The van der Waals surface area contributed by atoms with E-state index in [1.807, 2.05) is 18.4 Å². The molecule has 1 fully saturated rings. The lowest BCUT2D eigenvalue weighted by Gasteiger charge is -2.19. The molecule has 1 saturated heterocycles. The van der Waals surface area contributed by atoms with E-state index in [9.17, 15) is 0 Å². The third-order valence-electron chi connectivity index (χ3n) is 3.23. The fraction of sp³-hybridized carbons (Fsp3) is 0.750. The van der Waals surface area contributed by atoms with Crippen LogP contribution in [-0.4, -0.2) is 36.1 Å². The highest BCUT2D eigenvalue weighted by Crippen LogP contribution is 2.30. The summed E-state index contributed by atoms with van der Waals surface area (Å²) in [5.41, 5.74) is 1.19. The largest absolute Gasteiger partial charge is 0.314 e. The molecule has 90 valence electrons. The van der Waals surface area contributed by atoms with E-state index in [1.54, 1.807) is 0 Å². The molecular formula is C12H21N3S. The molecule has 1 aromatic heterocycles. The normalized spacial score (nSPS) is 22.1. The van der Waals surface area contributed by atoms with Gasteiger partial charge in [-0.2, -0.15) is 0 Å². The maximum Gasteiger partial charge on any atom is 0.0973 e. The lowest BCUT2D eigenvalue weighted by atomic mass is 10.1. The van der Waals surface area contributed by atoms with E-state index in [1.165, 1.54) is 30.2 Å². The van der Waals surface area contributed by atoms with Gasteiger partial charge in [-0.3, -0.25) is 0 Å². The van der Waals surface area contributed by atoms with Crippen LogP contribution >= 0.6 is 11.3 Å². The molecule has 0 amide bonds. The predicted molar refractivity (Wildman–Crippen MR) is 68.9 cm³/mol. The third kappa shape index (κ3) is 2.62. The second-order valence-electron chi connectivity index (χ2n) is 4.78. The van der Waals surface area contributed by atoms with Gasteiger partial charge in [0.05, 0.1) is 10.7 Å². The number of hydrogen-bond donors (Lipinski definition) is 1. The highest BCUT2D eigenvalue weighted by molar-refractivity contribution is 7.09. The SMILES string of the molecule is CNCc1csc(C2CCN(C(C)C)C2)n1. The number of rotatable bonds is 4. The second-order valence-corrected chi connectivity index (χ2v) is 5.67. The predicted octanol–water partition coefficient (Wildman–Crippen LogP) is 2.06. The molecule has 0 spiro atoms. The Kier molecular flexibility index (Phi) is 3.95. The van der Waals surface area contributed by atoms with Gasteiger partial charge < -0.3 is 10.2 Å². The molecule has 1 aromatic rings. The summed E-state index contributed by atoms with van der Waals surface area (Å²) in [7, 11) is 1.97. The third-order valence-corrected chi connectivity index (χ3v) is 4.28. The minimum absolute atomic E-state index is 0.665. The van der Waals surface area contributed by atoms with Gasteiger partial charge >= 0.3 is 0 Å². The average molecular weight is 239 g/mol. The van der Waals surface area contributed by atoms with Crippen molar-refractivity contribution in [2.75, 3.05) is 20.1 Å². The van der Waals surface area contributed by atoms with Gasteiger partial charge in [-0.1, -0.05) is 0 Å². The first-order valence-electron chi connectivity index (χ1n) is 6.03. The van der Waals surface area contributed by atoms with Gasteiger partial charge in [-0.05, 0) is 33.9 Å². The van der Waals surface area contributed by atoms with Gasteiger partial charge in [0.15, 0.2) is 0 Å². The van der Waals surface area contributed by atoms with Crippen LogP contribution in [0.2, 0.25) is 0 Å². The average Bonchev–Trinajstić information content (AvgIpc) is 2.84. The van der Waals surface area contributed by atoms with Crippen LogP contribution in [0.3, 0.4) is 0 Å². The summed E-state index contributed by atoms with van der Waals surface area (Å²) < 4.78 is 0. The molecule has 1 N–H and O–H groups in total. The molecule has 3 nitrogen and oxygen atoms in total. The molecule has 0 bridgehead atoms. The Hall–Kier alpha value is -0.450. The Morgan fingerprint density at radius 2 is 2.44 bits per heavy atom. The van der Waals surface area contributed by atoms with Gasteiger partial charge in [0.25, 0.3) is 0 Å². The number of nitrogens with zero attached hydrogens (tertiary/aromatic N) is 2. The number of thiazole rings is 1. The van der Waals surface area contributed by atoms with Crippen molar-refractivity contribution >= 4 is 11.3 Å². The summed E-state index contributed by atoms with van der Waals surface area (Å²) >= 11 is 1.82. The molecule has 2 rings (SSSR count). The molecule has 1 aliphatic rings. The molecule has 1 unspecified atom stereocenters. The lowest BCUT2D eigenvalue weighted by molar-refractivity contribution is 0.272. The molecular weight excluding hydrogens is 218 g/mol. The van der Waals surface area contributed by atoms with Crippen molar-refractivity contribution in [3.05, 3.63) is 16.1 Å². The van der Waals surface area contributed by atoms with Crippen LogP contribution in [0.5, 0.6) is 0 Å². The highest BCUT2D eigenvalue weighted by Gasteiger charge is 2.27. The molecule has 4 heteroatoms. The van der Waals surface area contributed by atoms with E-state index < -0.39 is 0 Å². The van der Waals surface area contributed by atoms with Crippen LogP contribution in [0.4, 0.5) is 0 Å². The Labute approximate surface area is 102 Å². The first-order valence-corrected chi connectivity index (χ1v) is 6.91.